The van der Waals surface area contributed by atoms with Crippen LogP contribution in [0.25, 0.3) is 5.65 Å². The fourth-order valence-corrected chi connectivity index (χ4v) is 2.57. The largest absolute Gasteiger partial charge is 0.390 e. The molecule has 1 N–H and O–H groups in total. The molecule has 34 heavy (non-hydrogen) atoms. The number of aliphatic hydroxyl groups is 1. The van der Waals surface area contributed by atoms with Crippen LogP contribution in [0.5, 0.6) is 0 Å². The average Bonchev–Trinajstić information content (AvgIpc) is 3.52. The minimum Gasteiger partial charge on any atom is -0.390 e. The van der Waals surface area contributed by atoms with Crippen LogP contribution >= 0.6 is 0 Å². The molecule has 0 spiro atoms. The van der Waals surface area contributed by atoms with E-state index in [1.54, 1.807) is 37.5 Å². The van der Waals surface area contributed by atoms with E-state index < -0.39 is 5.60 Å². The highest BCUT2D eigenvalue weighted by Gasteiger charge is 2.16. The van der Waals surface area contributed by atoms with E-state index in [-0.39, 0.29) is 11.6 Å². The summed E-state index contributed by atoms with van der Waals surface area (Å²) in [5.74, 6) is 0.659. The van der Waals surface area contributed by atoms with E-state index in [1.165, 1.54) is 31.3 Å². The zero-order valence-electron chi connectivity index (χ0n) is 22.0. The van der Waals surface area contributed by atoms with Crippen molar-refractivity contribution < 1.29 is 14.3 Å². The number of pyridine rings is 1. The topological polar surface area (TPSA) is 83.6 Å². The van der Waals surface area contributed by atoms with Crippen LogP contribution in [-0.4, -0.2) is 49.2 Å². The molecule has 1 aliphatic rings. The average molecular weight is 476 g/mol. The normalized spacial score (nSPS) is 12.1. The molecule has 0 bridgehead atoms. The molecule has 3 aromatic heterocycles. The van der Waals surface area contributed by atoms with Crippen LogP contribution in [0.1, 0.15) is 85.0 Å². The quantitative estimate of drug-likeness (QED) is 0.470. The maximum Gasteiger partial charge on any atom is 0.168 e. The predicted octanol–water partition coefficient (Wildman–Crippen LogP) is 5.97. The Morgan fingerprint density at radius 1 is 1.12 bits per heavy atom. The van der Waals surface area contributed by atoms with Gasteiger partial charge in [0.25, 0.3) is 0 Å². The Morgan fingerprint density at radius 2 is 1.71 bits per heavy atom. The molecule has 8 heteroatoms. The number of ketones is 1. The molecular weight excluding hydrogens is 433 g/mol. The first kappa shape index (κ1) is 31.1. The van der Waals surface area contributed by atoms with Gasteiger partial charge in [-0.15, -0.1) is 0 Å². The van der Waals surface area contributed by atoms with Gasteiger partial charge in [0.05, 0.1) is 23.6 Å². The van der Waals surface area contributed by atoms with Gasteiger partial charge in [0.15, 0.2) is 11.4 Å². The number of anilines is 1. The summed E-state index contributed by atoms with van der Waals surface area (Å²) in [5, 5.41) is 12.9. The van der Waals surface area contributed by atoms with Gasteiger partial charge in [-0.05, 0) is 58.2 Å². The van der Waals surface area contributed by atoms with Crippen LogP contribution in [0.15, 0.2) is 43.0 Å². The maximum absolute atomic E-state index is 11.8. The molecule has 0 saturated carbocycles. The Balaban J connectivity index is 0.000000534. The Morgan fingerprint density at radius 3 is 2.12 bits per heavy atom. The Hall–Kier alpha value is -2.87. The van der Waals surface area contributed by atoms with Crippen molar-refractivity contribution in [1.82, 2.24) is 19.6 Å². The molecule has 0 amide bonds. The zero-order chi connectivity index (χ0) is 26.1. The minimum absolute atomic E-state index is 0.00562. The fourth-order valence-electron chi connectivity index (χ4n) is 2.57. The highest BCUT2D eigenvalue weighted by Crippen LogP contribution is 2.19. The lowest BCUT2D eigenvalue weighted by molar-refractivity contribution is 0.0764. The van der Waals surface area contributed by atoms with Crippen LogP contribution in [0.2, 0.25) is 0 Å². The van der Waals surface area contributed by atoms with Crippen molar-refractivity contribution in [2.75, 3.05) is 18.0 Å². The molecule has 1 fully saturated rings. The van der Waals surface area contributed by atoms with E-state index in [1.807, 2.05) is 46.9 Å². The van der Waals surface area contributed by atoms with Crippen molar-refractivity contribution in [3.8, 4) is 0 Å². The molecule has 0 unspecified atom stereocenters. The number of halogens is 1. The highest BCUT2D eigenvalue weighted by molar-refractivity contribution is 5.99. The molecule has 1 aliphatic heterocycles. The number of carbonyl (C=O) groups is 1. The predicted molar refractivity (Wildman–Crippen MR) is 138 cm³/mol. The maximum atomic E-state index is 11.8. The summed E-state index contributed by atoms with van der Waals surface area (Å²) in [7, 11) is 0. The number of fused-ring (bicyclic) bond motifs is 1. The van der Waals surface area contributed by atoms with Crippen molar-refractivity contribution >= 4 is 17.2 Å². The first-order valence-corrected chi connectivity index (χ1v) is 12.1. The summed E-state index contributed by atoms with van der Waals surface area (Å²) in [5.41, 5.74) is 0.785. The van der Waals surface area contributed by atoms with E-state index >= 15 is 0 Å². The molecule has 0 radical (unpaired) electrons. The lowest BCUT2D eigenvalue weighted by Crippen LogP contribution is -2.19. The van der Waals surface area contributed by atoms with E-state index in [9.17, 15) is 9.18 Å². The number of Topliss-reactive ketones (excluding diaryl/α,β-unsaturated/α-hetero) is 1. The van der Waals surface area contributed by atoms with E-state index in [0.29, 0.717) is 11.2 Å². The number of nitrogens with zero attached hydrogens (tertiary/aromatic N) is 5. The van der Waals surface area contributed by atoms with Crippen molar-refractivity contribution in [1.29, 1.82) is 0 Å². The molecule has 7 nitrogen and oxygen atoms in total. The summed E-state index contributed by atoms with van der Waals surface area (Å²) in [6.07, 6.45) is 9.40. The smallest absolute Gasteiger partial charge is 0.168 e. The lowest BCUT2D eigenvalue weighted by Gasteiger charge is -2.15. The molecule has 190 valence electrons. The van der Waals surface area contributed by atoms with Gasteiger partial charge in [0.2, 0.25) is 0 Å². The zero-order valence-corrected chi connectivity index (χ0v) is 22.0. The second-order valence-electron chi connectivity index (χ2n) is 7.70. The van der Waals surface area contributed by atoms with Crippen molar-refractivity contribution in [3.63, 3.8) is 0 Å². The molecule has 0 atom stereocenters. The third-order valence-electron chi connectivity index (χ3n) is 4.65. The summed E-state index contributed by atoms with van der Waals surface area (Å²) in [4.78, 5) is 21.7. The number of hydrogen-bond acceptors (Lipinski definition) is 6. The van der Waals surface area contributed by atoms with E-state index in [4.69, 9.17) is 5.11 Å². The summed E-state index contributed by atoms with van der Waals surface area (Å²) in [6, 6.07) is 4.86. The molecule has 0 aliphatic carbocycles. The molecule has 0 aromatic carbocycles. The summed E-state index contributed by atoms with van der Waals surface area (Å²) < 4.78 is 13.5. The van der Waals surface area contributed by atoms with Crippen LogP contribution in [0, 0.1) is 5.82 Å². The van der Waals surface area contributed by atoms with E-state index in [2.05, 4.69) is 20.0 Å². The van der Waals surface area contributed by atoms with Crippen LogP contribution in [0.3, 0.4) is 0 Å². The first-order valence-electron chi connectivity index (χ1n) is 12.1. The van der Waals surface area contributed by atoms with Gasteiger partial charge in [0, 0.05) is 25.5 Å². The highest BCUT2D eigenvalue weighted by atomic mass is 19.1. The third kappa shape index (κ3) is 11.3. The lowest BCUT2D eigenvalue weighted by atomic mass is 10.1. The standard InChI is InChI=1S/C12H14N4O.C5H4FN.C5H12O.2C2H6/c1-9(17)10-8-13-16-7-4-11(14-12(10)16)15-5-2-3-6-15;6-5-2-1-3-7-4-5;1-4-5(2,3)6;2*1-2/h4,7-8H,2-3,5-6H2,1H3;1-4H;6H,4H2,1-3H3;2*1-2H3. The van der Waals surface area contributed by atoms with Gasteiger partial charge in [-0.3, -0.25) is 9.78 Å². The SMILES string of the molecule is CC.CC.CC(=O)c1cnn2ccc(N3CCCC3)nc12.CCC(C)(C)O.Fc1cccnc1. The van der Waals surface area contributed by atoms with Crippen molar-refractivity contribution in [3.05, 3.63) is 54.4 Å². The van der Waals surface area contributed by atoms with Gasteiger partial charge in [0.1, 0.15) is 11.6 Å². The van der Waals surface area contributed by atoms with Gasteiger partial charge < -0.3 is 10.0 Å². The van der Waals surface area contributed by atoms with Crippen LogP contribution < -0.4 is 4.90 Å². The van der Waals surface area contributed by atoms with Crippen molar-refractivity contribution in [2.24, 2.45) is 0 Å². The molecule has 4 heterocycles. The van der Waals surface area contributed by atoms with Crippen LogP contribution in [0.4, 0.5) is 10.2 Å². The van der Waals surface area contributed by atoms with Gasteiger partial charge in [-0.25, -0.2) is 13.9 Å². The molecule has 4 rings (SSSR count). The molecule has 1 saturated heterocycles. The first-order chi connectivity index (χ1) is 16.2. The number of rotatable bonds is 3. The Bertz CT molecular complexity index is 933. The number of carbonyl (C=O) groups excluding carboxylic acids is 1. The second kappa shape index (κ2) is 16.7. The number of aromatic nitrogens is 4. The Kier molecular flexibility index (Phi) is 15.3. The monoisotopic (exact) mass is 475 g/mol. The van der Waals surface area contributed by atoms with Gasteiger partial charge in [-0.1, -0.05) is 34.6 Å². The Labute approximate surface area is 204 Å². The second-order valence-corrected chi connectivity index (χ2v) is 7.70. The van der Waals surface area contributed by atoms with E-state index in [0.717, 1.165) is 25.3 Å². The third-order valence-corrected chi connectivity index (χ3v) is 4.65. The van der Waals surface area contributed by atoms with Crippen LogP contribution in [-0.2, 0) is 0 Å². The number of hydrogen-bond donors (Lipinski definition) is 1. The summed E-state index contributed by atoms with van der Waals surface area (Å²) in [6.45, 7) is 17.2. The molecule has 3 aromatic rings. The fraction of sp³-hybridized carbons (Fsp3) is 0.538. The molecular formula is C26H42FN5O2. The van der Waals surface area contributed by atoms with Gasteiger partial charge in [-0.2, -0.15) is 5.10 Å². The summed E-state index contributed by atoms with van der Waals surface area (Å²) >= 11 is 0. The van der Waals surface area contributed by atoms with Gasteiger partial charge >= 0.3 is 0 Å². The van der Waals surface area contributed by atoms with Crippen molar-refractivity contribution in [2.45, 2.75) is 80.3 Å². The minimum atomic E-state index is -0.458.